The van der Waals surface area contributed by atoms with Gasteiger partial charge in [0.15, 0.2) is 11.5 Å². The molecular weight excluding hydrogens is 282 g/mol. The molecule has 5 nitrogen and oxygen atoms in total. The van der Waals surface area contributed by atoms with E-state index in [4.69, 9.17) is 14.6 Å². The van der Waals surface area contributed by atoms with Crippen LogP contribution in [0, 0.1) is 5.92 Å². The lowest BCUT2D eigenvalue weighted by molar-refractivity contribution is -0.141. The van der Waals surface area contributed by atoms with Crippen LogP contribution in [0.15, 0.2) is 18.2 Å². The maximum absolute atomic E-state index is 11.0. The molecule has 1 aromatic rings. The van der Waals surface area contributed by atoms with Crippen molar-refractivity contribution in [2.75, 3.05) is 26.8 Å². The van der Waals surface area contributed by atoms with E-state index in [1.165, 1.54) is 0 Å². The van der Waals surface area contributed by atoms with Gasteiger partial charge in [-0.1, -0.05) is 19.4 Å². The van der Waals surface area contributed by atoms with Gasteiger partial charge in [0.1, 0.15) is 0 Å². The van der Waals surface area contributed by atoms with Crippen molar-refractivity contribution in [3.63, 3.8) is 0 Å². The zero-order valence-electron chi connectivity index (χ0n) is 13.4. The summed E-state index contributed by atoms with van der Waals surface area (Å²) in [4.78, 5) is 13.2. The number of benzene rings is 1. The van der Waals surface area contributed by atoms with Crippen LogP contribution in [0.2, 0.25) is 0 Å². The molecule has 1 fully saturated rings. The summed E-state index contributed by atoms with van der Waals surface area (Å²) in [7, 11) is 1.64. The van der Waals surface area contributed by atoms with Gasteiger partial charge in [0.25, 0.3) is 0 Å². The minimum atomic E-state index is -0.695. The fraction of sp³-hybridized carbons (Fsp3) is 0.588. The van der Waals surface area contributed by atoms with E-state index in [0.29, 0.717) is 13.2 Å². The van der Waals surface area contributed by atoms with E-state index in [9.17, 15) is 4.79 Å². The lowest BCUT2D eigenvalue weighted by atomic mass is 10.1. The largest absolute Gasteiger partial charge is 0.493 e. The van der Waals surface area contributed by atoms with Crippen LogP contribution < -0.4 is 9.47 Å². The lowest BCUT2D eigenvalue weighted by Gasteiger charge is -2.17. The number of hydrogen-bond acceptors (Lipinski definition) is 4. The van der Waals surface area contributed by atoms with Crippen molar-refractivity contribution in [1.82, 2.24) is 4.90 Å². The Labute approximate surface area is 131 Å². The van der Waals surface area contributed by atoms with Gasteiger partial charge in [-0.2, -0.15) is 0 Å². The van der Waals surface area contributed by atoms with Crippen molar-refractivity contribution in [2.24, 2.45) is 5.92 Å². The summed E-state index contributed by atoms with van der Waals surface area (Å²) in [6.07, 6.45) is 2.85. The predicted molar refractivity (Wildman–Crippen MR) is 84.4 cm³/mol. The molecule has 0 spiro atoms. The van der Waals surface area contributed by atoms with Gasteiger partial charge in [0.05, 0.1) is 19.6 Å². The Kier molecular flexibility index (Phi) is 6.07. The van der Waals surface area contributed by atoms with Crippen LogP contribution in [0.5, 0.6) is 11.5 Å². The van der Waals surface area contributed by atoms with Gasteiger partial charge in [-0.3, -0.25) is 9.69 Å². The highest BCUT2D eigenvalue weighted by atomic mass is 16.5. The average Bonchev–Trinajstić information content (AvgIpc) is 2.97. The highest BCUT2D eigenvalue weighted by Crippen LogP contribution is 2.29. The smallest absolute Gasteiger partial charge is 0.307 e. The zero-order valence-corrected chi connectivity index (χ0v) is 13.4. The van der Waals surface area contributed by atoms with E-state index < -0.39 is 5.97 Å². The third-order valence-electron chi connectivity index (χ3n) is 4.01. The van der Waals surface area contributed by atoms with Gasteiger partial charge < -0.3 is 14.6 Å². The normalized spacial score (nSPS) is 18.4. The minimum Gasteiger partial charge on any atom is -0.493 e. The Morgan fingerprint density at radius 3 is 2.86 bits per heavy atom. The summed E-state index contributed by atoms with van der Waals surface area (Å²) in [5, 5.41) is 9.06. The van der Waals surface area contributed by atoms with Crippen LogP contribution in [0.25, 0.3) is 0 Å². The van der Waals surface area contributed by atoms with Gasteiger partial charge in [0.2, 0.25) is 0 Å². The zero-order chi connectivity index (χ0) is 15.9. The lowest BCUT2D eigenvalue weighted by Crippen LogP contribution is -2.22. The molecule has 1 aromatic carbocycles. The molecule has 0 saturated carbocycles. The number of carboxylic acids is 1. The summed E-state index contributed by atoms with van der Waals surface area (Å²) in [6, 6.07) is 5.95. The molecule has 2 rings (SSSR count). The molecule has 122 valence electrons. The molecule has 1 saturated heterocycles. The minimum absolute atomic E-state index is 0.237. The Balaban J connectivity index is 1.96. The molecule has 1 aliphatic rings. The van der Waals surface area contributed by atoms with Crippen molar-refractivity contribution in [2.45, 2.75) is 32.7 Å². The molecule has 1 unspecified atom stereocenters. The van der Waals surface area contributed by atoms with E-state index in [-0.39, 0.29) is 5.92 Å². The van der Waals surface area contributed by atoms with Crippen molar-refractivity contribution >= 4 is 5.97 Å². The molecule has 22 heavy (non-hydrogen) atoms. The SMILES string of the molecule is CCCCOc1ccc(CN2CCC(C(=O)O)C2)cc1OC. The monoisotopic (exact) mass is 307 g/mol. The highest BCUT2D eigenvalue weighted by Gasteiger charge is 2.27. The Hall–Kier alpha value is -1.75. The number of ether oxygens (including phenoxy) is 2. The predicted octanol–water partition coefficient (Wildman–Crippen LogP) is 2.78. The first-order chi connectivity index (χ1) is 10.6. The van der Waals surface area contributed by atoms with Crippen LogP contribution in [-0.2, 0) is 11.3 Å². The van der Waals surface area contributed by atoms with Crippen molar-refractivity contribution in [3.8, 4) is 11.5 Å². The molecule has 1 aliphatic heterocycles. The Morgan fingerprint density at radius 1 is 1.41 bits per heavy atom. The number of carboxylic acid groups (broad SMARTS) is 1. The molecule has 1 N–H and O–H groups in total. The number of unbranched alkanes of at least 4 members (excludes halogenated alkanes) is 1. The molecule has 1 atom stereocenters. The Morgan fingerprint density at radius 2 is 2.23 bits per heavy atom. The third-order valence-corrected chi connectivity index (χ3v) is 4.01. The second kappa shape index (κ2) is 8.03. The van der Waals surface area contributed by atoms with Gasteiger partial charge in [0, 0.05) is 13.1 Å². The second-order valence-electron chi connectivity index (χ2n) is 5.75. The van der Waals surface area contributed by atoms with E-state index in [1.54, 1.807) is 7.11 Å². The topological polar surface area (TPSA) is 59.0 Å². The first-order valence-electron chi connectivity index (χ1n) is 7.89. The number of aliphatic carboxylic acids is 1. The van der Waals surface area contributed by atoms with Crippen LogP contribution >= 0.6 is 0 Å². The van der Waals surface area contributed by atoms with Gasteiger partial charge in [-0.05, 0) is 37.1 Å². The van der Waals surface area contributed by atoms with Gasteiger partial charge >= 0.3 is 5.97 Å². The van der Waals surface area contributed by atoms with Crippen LogP contribution in [-0.4, -0.2) is 42.8 Å². The summed E-state index contributed by atoms with van der Waals surface area (Å²) in [5.41, 5.74) is 1.12. The number of rotatable bonds is 8. The summed E-state index contributed by atoms with van der Waals surface area (Å²) in [6.45, 7) is 5.01. The van der Waals surface area contributed by atoms with E-state index in [1.807, 2.05) is 18.2 Å². The molecule has 5 heteroatoms. The quantitative estimate of drug-likeness (QED) is 0.748. The molecular formula is C17H25NO4. The van der Waals surface area contributed by atoms with Crippen LogP contribution in [0.4, 0.5) is 0 Å². The molecule has 1 heterocycles. The summed E-state index contributed by atoms with van der Waals surface area (Å²) in [5.74, 6) is 0.574. The van der Waals surface area contributed by atoms with Gasteiger partial charge in [-0.25, -0.2) is 0 Å². The number of carbonyl (C=O) groups is 1. The molecule has 0 amide bonds. The van der Waals surface area contributed by atoms with Crippen LogP contribution in [0.1, 0.15) is 31.7 Å². The van der Waals surface area contributed by atoms with E-state index >= 15 is 0 Å². The Bertz CT molecular complexity index is 503. The molecule has 0 bridgehead atoms. The molecule has 0 aliphatic carbocycles. The summed E-state index contributed by atoms with van der Waals surface area (Å²) >= 11 is 0. The maximum atomic E-state index is 11.0. The van der Waals surface area contributed by atoms with E-state index in [2.05, 4.69) is 11.8 Å². The van der Waals surface area contributed by atoms with Gasteiger partial charge in [-0.15, -0.1) is 0 Å². The highest BCUT2D eigenvalue weighted by molar-refractivity contribution is 5.70. The van der Waals surface area contributed by atoms with Crippen LogP contribution in [0.3, 0.4) is 0 Å². The fourth-order valence-corrected chi connectivity index (χ4v) is 2.69. The van der Waals surface area contributed by atoms with Crippen molar-refractivity contribution < 1.29 is 19.4 Å². The standard InChI is InChI=1S/C17H25NO4/c1-3-4-9-22-15-6-5-13(10-16(15)21-2)11-18-8-7-14(12-18)17(19)20/h5-6,10,14H,3-4,7-9,11-12H2,1-2H3,(H,19,20). The first-order valence-corrected chi connectivity index (χ1v) is 7.89. The molecule has 0 radical (unpaired) electrons. The number of hydrogen-bond donors (Lipinski definition) is 1. The summed E-state index contributed by atoms with van der Waals surface area (Å²) < 4.78 is 11.1. The molecule has 0 aromatic heterocycles. The third kappa shape index (κ3) is 4.37. The number of nitrogens with zero attached hydrogens (tertiary/aromatic N) is 1. The van der Waals surface area contributed by atoms with E-state index in [0.717, 1.165) is 49.4 Å². The number of methoxy groups -OCH3 is 1. The average molecular weight is 307 g/mol. The fourth-order valence-electron chi connectivity index (χ4n) is 2.69. The first kappa shape index (κ1) is 16.6. The van der Waals surface area contributed by atoms with Crippen molar-refractivity contribution in [3.05, 3.63) is 23.8 Å². The second-order valence-corrected chi connectivity index (χ2v) is 5.75. The van der Waals surface area contributed by atoms with Crippen molar-refractivity contribution in [1.29, 1.82) is 0 Å². The number of likely N-dealkylation sites (tertiary alicyclic amines) is 1. The maximum Gasteiger partial charge on any atom is 0.307 e.